The van der Waals surface area contributed by atoms with Crippen LogP contribution < -0.4 is 0 Å². The Morgan fingerprint density at radius 3 is 2.54 bits per heavy atom. The molecule has 182 valence electrons. The van der Waals surface area contributed by atoms with Gasteiger partial charge < -0.3 is 19.1 Å². The molecule has 1 aromatic carbocycles. The molecule has 2 amide bonds. The molecule has 1 saturated heterocycles. The van der Waals surface area contributed by atoms with Crippen molar-refractivity contribution in [2.24, 2.45) is 0 Å². The lowest BCUT2D eigenvalue weighted by molar-refractivity contribution is -0.134. The molecule has 0 radical (unpaired) electrons. The Morgan fingerprint density at radius 2 is 1.83 bits per heavy atom. The summed E-state index contributed by atoms with van der Waals surface area (Å²) in [6, 6.07) is 13.3. The summed E-state index contributed by atoms with van der Waals surface area (Å²) in [5, 5.41) is 0. The van der Waals surface area contributed by atoms with Gasteiger partial charge in [-0.2, -0.15) is 0 Å². The van der Waals surface area contributed by atoms with E-state index >= 15 is 0 Å². The molecule has 1 unspecified atom stereocenters. The Kier molecular flexibility index (Phi) is 7.18. The van der Waals surface area contributed by atoms with Gasteiger partial charge in [-0.3, -0.25) is 14.6 Å². The van der Waals surface area contributed by atoms with Gasteiger partial charge in [0.05, 0.1) is 24.7 Å². The maximum atomic E-state index is 13.5. The third-order valence-corrected chi connectivity index (χ3v) is 6.88. The molecule has 2 fully saturated rings. The van der Waals surface area contributed by atoms with Crippen LogP contribution >= 0.6 is 0 Å². The van der Waals surface area contributed by atoms with E-state index in [4.69, 9.17) is 4.74 Å². The zero-order valence-electron chi connectivity index (χ0n) is 19.8. The van der Waals surface area contributed by atoms with Gasteiger partial charge >= 0.3 is 0 Å². The molecule has 0 bridgehead atoms. The monoisotopic (exact) mass is 473 g/mol. The second-order valence-electron chi connectivity index (χ2n) is 9.29. The third kappa shape index (κ3) is 5.59. The highest BCUT2D eigenvalue weighted by Crippen LogP contribution is 2.25. The maximum absolute atomic E-state index is 13.5. The van der Waals surface area contributed by atoms with Crippen molar-refractivity contribution in [3.63, 3.8) is 0 Å². The zero-order valence-corrected chi connectivity index (χ0v) is 19.8. The fraction of sp³-hybridized carbons (Fsp3) is 0.407. The summed E-state index contributed by atoms with van der Waals surface area (Å²) in [4.78, 5) is 38.8. The van der Waals surface area contributed by atoms with Crippen LogP contribution in [0.25, 0.3) is 5.69 Å². The van der Waals surface area contributed by atoms with Crippen molar-refractivity contribution in [1.29, 1.82) is 0 Å². The summed E-state index contributed by atoms with van der Waals surface area (Å²) in [7, 11) is 0. The van der Waals surface area contributed by atoms with Crippen LogP contribution in [-0.2, 0) is 16.1 Å². The molecule has 3 heterocycles. The summed E-state index contributed by atoms with van der Waals surface area (Å²) in [5.41, 5.74) is 2.31. The molecule has 2 aliphatic rings. The van der Waals surface area contributed by atoms with Gasteiger partial charge in [-0.05, 0) is 49.2 Å². The van der Waals surface area contributed by atoms with E-state index in [9.17, 15) is 9.59 Å². The predicted octanol–water partition coefficient (Wildman–Crippen LogP) is 3.47. The van der Waals surface area contributed by atoms with Crippen LogP contribution in [0.1, 0.15) is 48.2 Å². The first-order chi connectivity index (χ1) is 17.2. The zero-order chi connectivity index (χ0) is 24.0. The van der Waals surface area contributed by atoms with Crippen LogP contribution in [0.4, 0.5) is 0 Å². The summed E-state index contributed by atoms with van der Waals surface area (Å²) in [6.07, 6.45) is 12.3. The van der Waals surface area contributed by atoms with E-state index in [0.717, 1.165) is 37.1 Å². The van der Waals surface area contributed by atoms with Gasteiger partial charge in [0.2, 0.25) is 5.91 Å². The molecule has 8 nitrogen and oxygen atoms in total. The van der Waals surface area contributed by atoms with Crippen molar-refractivity contribution >= 4 is 11.8 Å². The number of carbonyl (C=O) groups excluding carboxylic acids is 2. The molecular weight excluding hydrogens is 442 g/mol. The van der Waals surface area contributed by atoms with Crippen molar-refractivity contribution in [1.82, 2.24) is 24.3 Å². The molecule has 2 aromatic heterocycles. The number of hydrogen-bond donors (Lipinski definition) is 0. The molecule has 0 spiro atoms. The average molecular weight is 474 g/mol. The molecular formula is C27H31N5O3. The maximum Gasteiger partial charge on any atom is 0.254 e. The quantitative estimate of drug-likeness (QED) is 0.548. The molecule has 5 rings (SSSR count). The standard InChI is InChI=1S/C27H31N5O3/c33-26-18-31(27(34)21-9-11-23(12-10-21)30-15-14-28-20-30)16-25(35-19-22-6-4-5-13-29-22)17-32(26)24-7-2-1-3-8-24/h4-6,9-15,20,24-25H,1-3,7-8,16-19H2. The van der Waals surface area contributed by atoms with Gasteiger partial charge in [0.25, 0.3) is 5.91 Å². The number of amides is 2. The van der Waals surface area contributed by atoms with Crippen LogP contribution in [0.3, 0.4) is 0 Å². The van der Waals surface area contributed by atoms with Crippen molar-refractivity contribution in [2.75, 3.05) is 19.6 Å². The van der Waals surface area contributed by atoms with Gasteiger partial charge in [0, 0.05) is 49.0 Å². The Balaban J connectivity index is 1.34. The molecule has 1 aliphatic heterocycles. The number of benzene rings is 1. The van der Waals surface area contributed by atoms with Crippen molar-refractivity contribution < 1.29 is 14.3 Å². The number of aromatic nitrogens is 3. The number of imidazole rings is 1. The normalized spacial score (nSPS) is 19.5. The van der Waals surface area contributed by atoms with E-state index in [0.29, 0.717) is 25.3 Å². The smallest absolute Gasteiger partial charge is 0.254 e. The van der Waals surface area contributed by atoms with Gasteiger partial charge in [-0.25, -0.2) is 4.98 Å². The number of nitrogens with zero attached hydrogens (tertiary/aromatic N) is 5. The lowest BCUT2D eigenvalue weighted by Gasteiger charge is -2.34. The van der Waals surface area contributed by atoms with E-state index in [1.54, 1.807) is 35.8 Å². The molecule has 8 heteroatoms. The fourth-order valence-electron chi connectivity index (χ4n) is 5.01. The van der Waals surface area contributed by atoms with Crippen molar-refractivity contribution in [3.05, 3.63) is 78.6 Å². The highest BCUT2D eigenvalue weighted by atomic mass is 16.5. The van der Waals surface area contributed by atoms with Crippen LogP contribution in [0.15, 0.2) is 67.4 Å². The minimum absolute atomic E-state index is 0.00391. The van der Waals surface area contributed by atoms with E-state index in [1.165, 1.54) is 6.42 Å². The summed E-state index contributed by atoms with van der Waals surface area (Å²) < 4.78 is 8.12. The number of pyridine rings is 1. The van der Waals surface area contributed by atoms with E-state index in [1.807, 2.05) is 46.0 Å². The van der Waals surface area contributed by atoms with Gasteiger partial charge in [-0.1, -0.05) is 25.3 Å². The molecule has 35 heavy (non-hydrogen) atoms. The molecule has 1 saturated carbocycles. The Labute approximate surface area is 205 Å². The first-order valence-electron chi connectivity index (χ1n) is 12.4. The topological polar surface area (TPSA) is 80.6 Å². The SMILES string of the molecule is O=C(c1ccc(-n2ccnc2)cc1)N1CC(=O)N(C2CCCCC2)CC(OCc2ccccn2)C1. The lowest BCUT2D eigenvalue weighted by Crippen LogP contribution is -2.46. The van der Waals surface area contributed by atoms with E-state index < -0.39 is 0 Å². The lowest BCUT2D eigenvalue weighted by atomic mass is 9.94. The average Bonchev–Trinajstić information content (AvgIpc) is 3.39. The molecule has 3 aromatic rings. The highest BCUT2D eigenvalue weighted by Gasteiger charge is 2.35. The molecule has 1 aliphatic carbocycles. The van der Waals surface area contributed by atoms with Crippen molar-refractivity contribution in [3.8, 4) is 5.69 Å². The van der Waals surface area contributed by atoms with Gasteiger partial charge in [0.1, 0.15) is 6.54 Å². The summed E-state index contributed by atoms with van der Waals surface area (Å²) >= 11 is 0. The number of hydrogen-bond acceptors (Lipinski definition) is 5. The van der Waals surface area contributed by atoms with Crippen LogP contribution in [-0.4, -0.2) is 67.9 Å². The van der Waals surface area contributed by atoms with Crippen LogP contribution in [0.2, 0.25) is 0 Å². The second-order valence-corrected chi connectivity index (χ2v) is 9.29. The minimum atomic E-state index is -0.278. The van der Waals surface area contributed by atoms with Gasteiger partial charge in [-0.15, -0.1) is 0 Å². The predicted molar refractivity (Wildman–Crippen MR) is 131 cm³/mol. The second kappa shape index (κ2) is 10.8. The number of ether oxygens (including phenoxy) is 1. The first kappa shape index (κ1) is 23.2. The Morgan fingerprint density at radius 1 is 1.00 bits per heavy atom. The van der Waals surface area contributed by atoms with Crippen LogP contribution in [0.5, 0.6) is 0 Å². The highest BCUT2D eigenvalue weighted by molar-refractivity contribution is 5.97. The molecule has 1 atom stereocenters. The number of carbonyl (C=O) groups is 2. The number of rotatable bonds is 6. The third-order valence-electron chi connectivity index (χ3n) is 6.88. The Hall–Kier alpha value is -3.52. The Bertz CT molecular complexity index is 1110. The van der Waals surface area contributed by atoms with Crippen LogP contribution in [0, 0.1) is 0 Å². The summed E-state index contributed by atoms with van der Waals surface area (Å²) in [6.45, 7) is 1.28. The minimum Gasteiger partial charge on any atom is -0.368 e. The largest absolute Gasteiger partial charge is 0.368 e. The van der Waals surface area contributed by atoms with Gasteiger partial charge in [0.15, 0.2) is 0 Å². The van der Waals surface area contributed by atoms with Crippen molar-refractivity contribution in [2.45, 2.75) is 50.9 Å². The first-order valence-corrected chi connectivity index (χ1v) is 12.4. The van der Waals surface area contributed by atoms with E-state index in [-0.39, 0.29) is 30.5 Å². The summed E-state index contributed by atoms with van der Waals surface area (Å²) in [5.74, 6) is -0.156. The van der Waals surface area contributed by atoms with E-state index in [2.05, 4.69) is 9.97 Å². The molecule has 0 N–H and O–H groups in total. The fourth-order valence-corrected chi connectivity index (χ4v) is 5.01.